The van der Waals surface area contributed by atoms with Crippen molar-refractivity contribution in [2.45, 2.75) is 25.0 Å². The number of amidine groups is 1. The summed E-state index contributed by atoms with van der Waals surface area (Å²) >= 11 is 1.19. The van der Waals surface area contributed by atoms with E-state index < -0.39 is 35.5 Å². The predicted octanol–water partition coefficient (Wildman–Crippen LogP) is 4.36. The van der Waals surface area contributed by atoms with E-state index in [0.29, 0.717) is 58.8 Å². The zero-order valence-corrected chi connectivity index (χ0v) is 20.9. The van der Waals surface area contributed by atoms with Gasteiger partial charge in [-0.15, -0.1) is 0 Å². The third kappa shape index (κ3) is 5.97. The number of aliphatic imine (C=N–C) groups is 1. The summed E-state index contributed by atoms with van der Waals surface area (Å²) in [5.41, 5.74) is -1.99. The molecule has 5 rings (SSSR count). The van der Waals surface area contributed by atoms with Gasteiger partial charge in [0.05, 0.1) is 40.4 Å². The first kappa shape index (κ1) is 27.2. The molecule has 2 aliphatic heterocycles. The number of carbonyl (C=O) groups excluding carboxylic acids is 1. The van der Waals surface area contributed by atoms with Crippen LogP contribution in [0.15, 0.2) is 52.5 Å². The maximum absolute atomic E-state index is 13.6. The van der Waals surface area contributed by atoms with Gasteiger partial charge in [0.15, 0.2) is 5.17 Å². The zero-order valence-electron chi connectivity index (χ0n) is 20.1. The van der Waals surface area contributed by atoms with E-state index in [9.17, 15) is 36.2 Å². The first-order chi connectivity index (χ1) is 18.4. The molecule has 2 N–H and O–H groups in total. The van der Waals surface area contributed by atoms with Crippen LogP contribution in [0.3, 0.4) is 0 Å². The van der Waals surface area contributed by atoms with Crippen molar-refractivity contribution in [1.29, 1.82) is 0 Å². The van der Waals surface area contributed by atoms with Gasteiger partial charge in [-0.05, 0) is 53.2 Å². The van der Waals surface area contributed by atoms with E-state index in [2.05, 4.69) is 15.4 Å². The van der Waals surface area contributed by atoms with Gasteiger partial charge in [0.1, 0.15) is 0 Å². The number of thioether (sulfide) groups is 1. The van der Waals surface area contributed by atoms with Crippen molar-refractivity contribution < 1.29 is 36.2 Å². The van der Waals surface area contributed by atoms with Gasteiger partial charge in [0.2, 0.25) is 0 Å². The molecule has 2 aliphatic rings. The number of hydrogen-bond acceptors (Lipinski definition) is 6. The summed E-state index contributed by atoms with van der Waals surface area (Å²) in [5.74, 6) is -0.417. The third-order valence-electron chi connectivity index (χ3n) is 6.28. The fourth-order valence-electron chi connectivity index (χ4n) is 4.39. The van der Waals surface area contributed by atoms with E-state index in [-0.39, 0.29) is 18.2 Å². The molecular formula is C25H21F6N5O2S. The average molecular weight is 570 g/mol. The molecule has 1 atom stereocenters. The minimum absolute atomic E-state index is 0.112. The molecule has 7 nitrogen and oxygen atoms in total. The molecular weight excluding hydrogens is 548 g/mol. The monoisotopic (exact) mass is 569 g/mol. The lowest BCUT2D eigenvalue weighted by Crippen LogP contribution is -2.35. The van der Waals surface area contributed by atoms with Crippen molar-refractivity contribution in [3.05, 3.63) is 69.8 Å². The van der Waals surface area contributed by atoms with Crippen LogP contribution in [0.1, 0.15) is 22.3 Å². The second kappa shape index (κ2) is 10.3. The molecule has 0 saturated carbocycles. The summed E-state index contributed by atoms with van der Waals surface area (Å²) in [5, 5.41) is 18.3. The van der Waals surface area contributed by atoms with Crippen LogP contribution < -0.4 is 5.32 Å². The zero-order chi connectivity index (χ0) is 27.9. The van der Waals surface area contributed by atoms with E-state index >= 15 is 0 Å². The van der Waals surface area contributed by atoms with Gasteiger partial charge in [-0.1, -0.05) is 12.1 Å². The van der Waals surface area contributed by atoms with Gasteiger partial charge in [-0.2, -0.15) is 36.4 Å². The van der Waals surface area contributed by atoms with Crippen molar-refractivity contribution in [3.8, 4) is 0 Å². The van der Waals surface area contributed by atoms with Crippen molar-refractivity contribution in [2.24, 2.45) is 4.99 Å². The lowest BCUT2D eigenvalue weighted by molar-refractivity contribution is -0.143. The highest BCUT2D eigenvalue weighted by atomic mass is 32.2. The lowest BCUT2D eigenvalue weighted by atomic mass is 10.0. The number of benzene rings is 2. The van der Waals surface area contributed by atoms with Crippen LogP contribution in [0, 0.1) is 0 Å². The average Bonchev–Trinajstić information content (AvgIpc) is 3.34. The molecule has 1 aromatic heterocycles. The number of carbonyl (C=O) groups is 1. The Morgan fingerprint density at radius 1 is 1.10 bits per heavy atom. The summed E-state index contributed by atoms with van der Waals surface area (Å²) in [4.78, 5) is 18.8. The number of rotatable bonds is 3. The van der Waals surface area contributed by atoms with Crippen molar-refractivity contribution in [3.63, 3.8) is 0 Å². The number of halogens is 6. The summed E-state index contributed by atoms with van der Waals surface area (Å²) in [6, 6.07) is 6.54. The fraction of sp³-hybridized carbons (Fsp3) is 0.320. The van der Waals surface area contributed by atoms with E-state index in [0.717, 1.165) is 6.07 Å². The van der Waals surface area contributed by atoms with Crippen molar-refractivity contribution in [1.82, 2.24) is 20.0 Å². The summed E-state index contributed by atoms with van der Waals surface area (Å²) in [7, 11) is 0. The normalized spacial score (nSPS) is 20.1. The Kier molecular flexibility index (Phi) is 7.20. The summed E-state index contributed by atoms with van der Waals surface area (Å²) in [6.45, 7) is 1.64. The van der Waals surface area contributed by atoms with Crippen LogP contribution in [0.2, 0.25) is 0 Å². The van der Waals surface area contributed by atoms with Crippen LogP contribution in [-0.2, 0) is 23.7 Å². The maximum Gasteiger partial charge on any atom is 0.416 e. The third-order valence-corrected chi connectivity index (χ3v) is 7.32. The number of aliphatic hydroxyl groups excluding tert-OH is 1. The lowest BCUT2D eigenvalue weighted by Gasteiger charge is -2.22. The van der Waals surface area contributed by atoms with Gasteiger partial charge in [0, 0.05) is 31.6 Å². The second-order valence-electron chi connectivity index (χ2n) is 9.10. The molecule has 1 fully saturated rings. The van der Waals surface area contributed by atoms with Gasteiger partial charge >= 0.3 is 12.4 Å². The van der Waals surface area contributed by atoms with E-state index in [1.54, 1.807) is 24.3 Å². The highest BCUT2D eigenvalue weighted by molar-refractivity contribution is 8.18. The SMILES string of the molecule is O=C1N=C(N2CCNCC(O)C2)S/C1=C\c1ccc2c(cnn2Cc2ccc(C(F)(F)F)cc2C(F)(F)F)c1. The molecule has 1 saturated heterocycles. The number of alkyl halides is 6. The number of amides is 1. The molecule has 0 aliphatic carbocycles. The number of fused-ring (bicyclic) bond motifs is 1. The highest BCUT2D eigenvalue weighted by Gasteiger charge is 2.38. The quantitative estimate of drug-likeness (QED) is 0.361. The first-order valence-electron chi connectivity index (χ1n) is 11.8. The minimum atomic E-state index is -4.98. The smallest absolute Gasteiger partial charge is 0.390 e. The highest BCUT2D eigenvalue weighted by Crippen LogP contribution is 2.38. The number of β-amino-alcohol motifs (C(OH)–C–C–N with tert-alkyl or cyclic N) is 1. The maximum atomic E-state index is 13.6. The van der Waals surface area contributed by atoms with Gasteiger partial charge in [-0.3, -0.25) is 9.48 Å². The summed E-state index contributed by atoms with van der Waals surface area (Å²) in [6.07, 6.45) is -7.39. The molecule has 0 radical (unpaired) electrons. The molecule has 39 heavy (non-hydrogen) atoms. The van der Waals surface area contributed by atoms with Gasteiger partial charge in [-0.25, -0.2) is 0 Å². The van der Waals surface area contributed by atoms with E-state index in [4.69, 9.17) is 0 Å². The van der Waals surface area contributed by atoms with Crippen molar-refractivity contribution >= 4 is 39.8 Å². The van der Waals surface area contributed by atoms with Gasteiger partial charge < -0.3 is 15.3 Å². The molecule has 1 amide bonds. The standard InChI is InChI=1S/C25H21F6N5O2S/c26-24(27,28)17-3-2-15(19(9-17)25(29,30)31)12-36-20-4-1-14(7-16(20)10-33-36)8-21-22(38)34-23(39-21)35-6-5-32-11-18(37)13-35/h1-4,7-10,18,32,37H,5-6,11-13H2/b21-8-. The van der Waals surface area contributed by atoms with Gasteiger partial charge in [0.25, 0.3) is 5.91 Å². The molecule has 2 aromatic carbocycles. The number of hydrogen-bond donors (Lipinski definition) is 2. The van der Waals surface area contributed by atoms with Crippen LogP contribution in [0.5, 0.6) is 0 Å². The molecule has 3 heterocycles. The van der Waals surface area contributed by atoms with Crippen LogP contribution >= 0.6 is 11.8 Å². The topological polar surface area (TPSA) is 82.8 Å². The van der Waals surface area contributed by atoms with Crippen molar-refractivity contribution in [2.75, 3.05) is 26.2 Å². The fourth-order valence-corrected chi connectivity index (χ4v) is 5.34. The number of aliphatic hydroxyl groups is 1. The second-order valence-corrected chi connectivity index (χ2v) is 10.1. The Bertz CT molecular complexity index is 1480. The van der Waals surface area contributed by atoms with E-state index in [1.807, 2.05) is 4.90 Å². The molecule has 206 valence electrons. The molecule has 1 unspecified atom stereocenters. The molecule has 14 heteroatoms. The Hall–Kier alpha value is -3.36. The Morgan fingerprint density at radius 2 is 1.90 bits per heavy atom. The molecule has 0 bridgehead atoms. The Morgan fingerprint density at radius 3 is 2.64 bits per heavy atom. The molecule has 3 aromatic rings. The van der Waals surface area contributed by atoms with Crippen LogP contribution in [0.4, 0.5) is 26.3 Å². The number of aromatic nitrogens is 2. The molecule has 0 spiro atoms. The predicted molar refractivity (Wildman–Crippen MR) is 134 cm³/mol. The Labute approximate surface area is 222 Å². The number of nitrogens with zero attached hydrogens (tertiary/aromatic N) is 4. The summed E-state index contributed by atoms with van der Waals surface area (Å²) < 4.78 is 80.9. The van der Waals surface area contributed by atoms with Crippen LogP contribution in [-0.4, -0.2) is 63.1 Å². The van der Waals surface area contributed by atoms with E-state index in [1.165, 1.54) is 22.6 Å². The van der Waals surface area contributed by atoms with Crippen LogP contribution in [0.25, 0.3) is 17.0 Å². The minimum Gasteiger partial charge on any atom is -0.390 e. The first-order valence-corrected chi connectivity index (χ1v) is 12.6. The Balaban J connectivity index is 1.37. The largest absolute Gasteiger partial charge is 0.416 e. The number of nitrogens with one attached hydrogen (secondary N) is 1.